The predicted molar refractivity (Wildman–Crippen MR) is 99.4 cm³/mol. The Morgan fingerprint density at radius 2 is 1.85 bits per heavy atom. The zero-order chi connectivity index (χ0) is 19.1. The number of ether oxygens (including phenoxy) is 1. The summed E-state index contributed by atoms with van der Waals surface area (Å²) in [6.07, 6.45) is 1.46. The number of carbonyl (C=O) groups is 1. The van der Waals surface area contributed by atoms with Gasteiger partial charge in [0.15, 0.2) is 9.84 Å². The third-order valence-corrected chi connectivity index (χ3v) is 7.85. The van der Waals surface area contributed by atoms with Gasteiger partial charge in [-0.15, -0.1) is 0 Å². The van der Waals surface area contributed by atoms with Crippen molar-refractivity contribution in [3.05, 3.63) is 23.8 Å². The fraction of sp³-hybridized carbons (Fsp3) is 0.632. The van der Waals surface area contributed by atoms with Crippen LogP contribution in [0, 0.1) is 12.8 Å². The maximum absolute atomic E-state index is 13.4. The molecular weight excluding hydrogens is 354 g/mol. The summed E-state index contributed by atoms with van der Waals surface area (Å²) >= 11 is 0. The monoisotopic (exact) mass is 381 g/mol. The highest BCUT2D eigenvalue weighted by Gasteiger charge is 2.44. The molecule has 0 radical (unpaired) electrons. The molecule has 26 heavy (non-hydrogen) atoms. The number of carboxylic acids is 1. The first kappa shape index (κ1) is 19.2. The molecule has 1 aromatic carbocycles. The Labute approximate surface area is 155 Å². The van der Waals surface area contributed by atoms with Gasteiger partial charge in [-0.2, -0.15) is 0 Å². The van der Waals surface area contributed by atoms with E-state index in [1.807, 2.05) is 26.8 Å². The van der Waals surface area contributed by atoms with Gasteiger partial charge in [-0.25, -0.2) is 8.42 Å². The Morgan fingerprint density at radius 1 is 1.19 bits per heavy atom. The first-order valence-electron chi connectivity index (χ1n) is 9.17. The van der Waals surface area contributed by atoms with Crippen LogP contribution in [0.2, 0.25) is 0 Å². The summed E-state index contributed by atoms with van der Waals surface area (Å²) in [7, 11) is -3.74. The van der Waals surface area contributed by atoms with Crippen LogP contribution in [0.4, 0.5) is 5.69 Å². The van der Waals surface area contributed by atoms with Gasteiger partial charge >= 0.3 is 5.97 Å². The third kappa shape index (κ3) is 3.34. The molecule has 1 saturated heterocycles. The molecule has 2 fully saturated rings. The highest BCUT2D eigenvalue weighted by molar-refractivity contribution is 7.92. The van der Waals surface area contributed by atoms with Crippen LogP contribution in [0.25, 0.3) is 0 Å². The zero-order valence-electron chi connectivity index (χ0n) is 15.5. The summed E-state index contributed by atoms with van der Waals surface area (Å²) < 4.78 is 32.4. The van der Waals surface area contributed by atoms with Crippen molar-refractivity contribution < 1.29 is 23.1 Å². The number of rotatable bonds is 4. The van der Waals surface area contributed by atoms with Crippen LogP contribution >= 0.6 is 0 Å². The van der Waals surface area contributed by atoms with E-state index in [-0.39, 0.29) is 17.0 Å². The number of morpholine rings is 1. The predicted octanol–water partition coefficient (Wildman–Crippen LogP) is 2.64. The van der Waals surface area contributed by atoms with Crippen molar-refractivity contribution in [3.63, 3.8) is 0 Å². The first-order chi connectivity index (χ1) is 12.2. The van der Waals surface area contributed by atoms with E-state index >= 15 is 0 Å². The van der Waals surface area contributed by atoms with Crippen molar-refractivity contribution in [2.75, 3.05) is 18.1 Å². The summed E-state index contributed by atoms with van der Waals surface area (Å²) in [6.45, 7) is 7.05. The molecule has 0 spiro atoms. The average Bonchev–Trinajstić information content (AvgIpc) is 3.05. The molecule has 7 heteroatoms. The molecule has 1 aliphatic carbocycles. The Balaban J connectivity index is 2.09. The number of benzene rings is 1. The summed E-state index contributed by atoms with van der Waals surface area (Å²) in [5.41, 5.74) is 1.65. The second kappa shape index (κ2) is 7.19. The lowest BCUT2D eigenvalue weighted by atomic mass is 10.1. The van der Waals surface area contributed by atoms with E-state index < -0.39 is 27.0 Å². The van der Waals surface area contributed by atoms with Gasteiger partial charge in [0.2, 0.25) is 0 Å². The van der Waals surface area contributed by atoms with Crippen molar-refractivity contribution in [2.45, 2.75) is 62.3 Å². The second-order valence-corrected chi connectivity index (χ2v) is 9.71. The van der Waals surface area contributed by atoms with E-state index in [4.69, 9.17) is 4.74 Å². The molecule has 4 atom stereocenters. The van der Waals surface area contributed by atoms with Crippen molar-refractivity contribution in [1.82, 2.24) is 0 Å². The highest BCUT2D eigenvalue weighted by atomic mass is 32.2. The topological polar surface area (TPSA) is 83.9 Å². The number of nitrogens with zero attached hydrogens (tertiary/aromatic N) is 1. The number of carboxylic acid groups (broad SMARTS) is 1. The van der Waals surface area contributed by atoms with Crippen LogP contribution in [0.3, 0.4) is 0 Å². The average molecular weight is 381 g/mol. The third-order valence-electron chi connectivity index (χ3n) is 5.54. The van der Waals surface area contributed by atoms with E-state index in [0.29, 0.717) is 38.2 Å². The van der Waals surface area contributed by atoms with Gasteiger partial charge in [-0.1, -0.05) is 12.5 Å². The molecule has 144 valence electrons. The smallest absolute Gasteiger partial charge is 0.307 e. The lowest BCUT2D eigenvalue weighted by molar-refractivity contribution is -0.141. The molecule has 3 rings (SSSR count). The fourth-order valence-corrected chi connectivity index (χ4v) is 6.49. The number of aliphatic carboxylic acids is 1. The zero-order valence-corrected chi connectivity index (χ0v) is 16.3. The van der Waals surface area contributed by atoms with Crippen molar-refractivity contribution in [3.8, 4) is 0 Å². The molecular formula is C19H27NO5S. The molecule has 2 unspecified atom stereocenters. The fourth-order valence-electron chi connectivity index (χ4n) is 4.29. The summed E-state index contributed by atoms with van der Waals surface area (Å²) in [4.78, 5) is 13.9. The molecule has 1 aromatic rings. The molecule has 0 amide bonds. The van der Waals surface area contributed by atoms with E-state index in [1.165, 1.54) is 0 Å². The number of sulfone groups is 1. The number of hydrogen-bond donors (Lipinski definition) is 1. The van der Waals surface area contributed by atoms with Gasteiger partial charge in [0, 0.05) is 12.1 Å². The minimum absolute atomic E-state index is 0.0494. The largest absolute Gasteiger partial charge is 0.481 e. The Hall–Kier alpha value is -1.60. The number of hydrogen-bond acceptors (Lipinski definition) is 5. The van der Waals surface area contributed by atoms with Crippen LogP contribution in [0.5, 0.6) is 0 Å². The van der Waals surface area contributed by atoms with Crippen LogP contribution in [0.1, 0.15) is 38.7 Å². The van der Waals surface area contributed by atoms with Gasteiger partial charge in [0.25, 0.3) is 0 Å². The minimum Gasteiger partial charge on any atom is -0.481 e. The molecule has 0 bridgehead atoms. The lowest BCUT2D eigenvalue weighted by Gasteiger charge is -2.41. The SMILES string of the molecule is Cc1ccc(S(=O)(=O)C2CCCC2C(=O)O)c(N2[C@@H](C)COC[C@@H]2C)c1. The Kier molecular flexibility index (Phi) is 5.30. The van der Waals surface area contributed by atoms with Crippen LogP contribution in [-0.2, 0) is 19.4 Å². The van der Waals surface area contributed by atoms with Crippen LogP contribution in [-0.4, -0.2) is 50.0 Å². The lowest BCUT2D eigenvalue weighted by Crippen LogP contribution is -2.50. The molecule has 1 N–H and O–H groups in total. The number of aryl methyl sites for hydroxylation is 1. The van der Waals surface area contributed by atoms with Crippen molar-refractivity contribution >= 4 is 21.5 Å². The van der Waals surface area contributed by atoms with Gasteiger partial charge in [0.1, 0.15) is 0 Å². The minimum atomic E-state index is -3.74. The molecule has 0 aromatic heterocycles. The van der Waals surface area contributed by atoms with Gasteiger partial charge < -0.3 is 14.7 Å². The van der Waals surface area contributed by atoms with E-state index in [2.05, 4.69) is 4.90 Å². The maximum atomic E-state index is 13.4. The van der Waals surface area contributed by atoms with E-state index in [9.17, 15) is 18.3 Å². The number of anilines is 1. The second-order valence-electron chi connectivity index (χ2n) is 7.57. The van der Waals surface area contributed by atoms with Crippen molar-refractivity contribution in [1.29, 1.82) is 0 Å². The molecule has 1 heterocycles. The first-order valence-corrected chi connectivity index (χ1v) is 10.7. The summed E-state index contributed by atoms with van der Waals surface area (Å²) in [5, 5.41) is 8.60. The molecule has 1 aliphatic heterocycles. The van der Waals surface area contributed by atoms with Gasteiger partial charge in [-0.3, -0.25) is 4.79 Å². The van der Waals surface area contributed by atoms with E-state index in [0.717, 1.165) is 5.56 Å². The van der Waals surface area contributed by atoms with Crippen molar-refractivity contribution in [2.24, 2.45) is 5.92 Å². The summed E-state index contributed by atoms with van der Waals surface area (Å²) in [6, 6.07) is 5.43. The van der Waals surface area contributed by atoms with E-state index in [1.54, 1.807) is 12.1 Å². The quantitative estimate of drug-likeness (QED) is 0.863. The molecule has 1 saturated carbocycles. The van der Waals surface area contributed by atoms with Gasteiger partial charge in [0.05, 0.1) is 35.0 Å². The maximum Gasteiger partial charge on any atom is 0.307 e. The molecule has 2 aliphatic rings. The Morgan fingerprint density at radius 3 is 2.46 bits per heavy atom. The Bertz CT molecular complexity index is 781. The van der Waals surface area contributed by atoms with Crippen LogP contribution < -0.4 is 4.90 Å². The van der Waals surface area contributed by atoms with Gasteiger partial charge in [-0.05, 0) is 51.3 Å². The summed E-state index contributed by atoms with van der Waals surface area (Å²) in [5.74, 6) is -1.84. The highest BCUT2D eigenvalue weighted by Crippen LogP contribution is 2.39. The molecule has 6 nitrogen and oxygen atoms in total. The normalized spacial score (nSPS) is 29.7. The van der Waals surface area contributed by atoms with Crippen LogP contribution in [0.15, 0.2) is 23.1 Å². The standard InChI is InChI=1S/C19H27NO5S/c1-12-7-8-18(16(9-12)20-13(2)10-25-11-14(20)3)26(23,24)17-6-4-5-15(17)19(21)22/h7-9,13-15,17H,4-6,10-11H2,1-3H3,(H,21,22)/t13-,14-,15?,17?/m0/s1.